The van der Waals surface area contributed by atoms with Crippen LogP contribution in [0.5, 0.6) is 0 Å². The normalized spacial score (nSPS) is 12.3. The summed E-state index contributed by atoms with van der Waals surface area (Å²) in [6, 6.07) is 13.6. The van der Waals surface area contributed by atoms with Crippen LogP contribution in [0.2, 0.25) is 0 Å². The van der Waals surface area contributed by atoms with Gasteiger partial charge in [0, 0.05) is 27.7 Å². The van der Waals surface area contributed by atoms with Crippen molar-refractivity contribution in [2.75, 3.05) is 32.0 Å². The smallest absolute Gasteiger partial charge is 0.304 e. The predicted molar refractivity (Wildman–Crippen MR) is 121 cm³/mol. The number of hydrogen-bond donors (Lipinski definition) is 1. The molecular formula is C22H29FN4O4S. The number of carbonyl (C=O) groups excluding carboxylic acids is 2. The van der Waals surface area contributed by atoms with Crippen LogP contribution in [-0.4, -0.2) is 63.2 Å². The number of rotatable bonds is 10. The quantitative estimate of drug-likeness (QED) is 0.582. The minimum atomic E-state index is -4.20. The molecule has 2 amide bonds. The van der Waals surface area contributed by atoms with Gasteiger partial charge in [0.05, 0.1) is 5.69 Å². The molecule has 0 aliphatic rings. The molecule has 2 rings (SSSR count). The zero-order valence-corrected chi connectivity index (χ0v) is 19.5. The summed E-state index contributed by atoms with van der Waals surface area (Å²) in [5.74, 6) is -1.78. The van der Waals surface area contributed by atoms with Crippen molar-refractivity contribution in [3.8, 4) is 0 Å². The van der Waals surface area contributed by atoms with E-state index in [-0.39, 0.29) is 18.1 Å². The molecule has 8 nitrogen and oxygen atoms in total. The lowest BCUT2D eigenvalue weighted by Gasteiger charge is -2.33. The summed E-state index contributed by atoms with van der Waals surface area (Å²) in [4.78, 5) is 27.2. The van der Waals surface area contributed by atoms with E-state index in [2.05, 4.69) is 5.32 Å². The van der Waals surface area contributed by atoms with Crippen molar-refractivity contribution in [2.24, 2.45) is 0 Å². The van der Waals surface area contributed by atoms with Crippen LogP contribution in [0.25, 0.3) is 0 Å². The number of para-hydroxylation sites is 1. The number of halogens is 1. The second kappa shape index (κ2) is 11.1. The average Bonchev–Trinajstić information content (AvgIpc) is 2.78. The SMILES string of the molecule is CC[C@@H](C(=O)NC)N(Cc1ccccc1)C(=O)CN(c1ccccc1F)S(=O)(=O)N(C)C. The standard InChI is InChI=1S/C22H29FN4O4S/c1-5-19(22(29)24-2)26(15-17-11-7-6-8-12-17)21(28)16-27(32(30,31)25(3)4)20-14-10-9-13-18(20)23/h6-14,19H,5,15-16H2,1-4H3,(H,24,29)/t19-/m0/s1. The van der Waals surface area contributed by atoms with Crippen LogP contribution < -0.4 is 9.62 Å². The Hall–Kier alpha value is -2.98. The molecule has 0 aliphatic carbocycles. The Balaban J connectivity index is 2.49. The molecule has 0 aliphatic heterocycles. The monoisotopic (exact) mass is 464 g/mol. The van der Waals surface area contributed by atoms with Crippen molar-refractivity contribution in [1.29, 1.82) is 0 Å². The molecule has 10 heteroatoms. The minimum Gasteiger partial charge on any atom is -0.357 e. The van der Waals surface area contributed by atoms with Gasteiger partial charge in [-0.1, -0.05) is 49.4 Å². The number of nitrogens with one attached hydrogen (secondary N) is 1. The highest BCUT2D eigenvalue weighted by atomic mass is 32.2. The maximum atomic E-state index is 14.5. The zero-order chi connectivity index (χ0) is 23.9. The second-order valence-electron chi connectivity index (χ2n) is 7.29. The molecule has 0 aromatic heterocycles. The lowest BCUT2D eigenvalue weighted by molar-refractivity contribution is -0.140. The fourth-order valence-electron chi connectivity index (χ4n) is 3.22. The van der Waals surface area contributed by atoms with Crippen molar-refractivity contribution in [3.63, 3.8) is 0 Å². The van der Waals surface area contributed by atoms with E-state index in [4.69, 9.17) is 0 Å². The molecule has 32 heavy (non-hydrogen) atoms. The van der Waals surface area contributed by atoms with E-state index < -0.39 is 34.5 Å². The summed E-state index contributed by atoms with van der Waals surface area (Å²) in [7, 11) is -0.124. The van der Waals surface area contributed by atoms with E-state index in [1.165, 1.54) is 44.2 Å². The van der Waals surface area contributed by atoms with Crippen LogP contribution in [0.3, 0.4) is 0 Å². The summed E-state index contributed by atoms with van der Waals surface area (Å²) >= 11 is 0. The third-order valence-electron chi connectivity index (χ3n) is 4.97. The Morgan fingerprint density at radius 3 is 2.16 bits per heavy atom. The highest BCUT2D eigenvalue weighted by Crippen LogP contribution is 2.24. The Bertz CT molecular complexity index is 1030. The van der Waals surface area contributed by atoms with Gasteiger partial charge in [0.2, 0.25) is 11.8 Å². The molecular weight excluding hydrogens is 435 g/mol. The molecule has 0 unspecified atom stereocenters. The molecule has 0 spiro atoms. The Kier molecular flexibility index (Phi) is 8.73. The fourth-order valence-corrected chi connectivity index (χ4v) is 4.29. The molecule has 2 aromatic rings. The first kappa shape index (κ1) is 25.3. The molecule has 1 N–H and O–H groups in total. The number of benzene rings is 2. The lowest BCUT2D eigenvalue weighted by Crippen LogP contribution is -2.53. The molecule has 0 saturated heterocycles. The number of nitrogens with zero attached hydrogens (tertiary/aromatic N) is 3. The van der Waals surface area contributed by atoms with Gasteiger partial charge in [-0.25, -0.2) is 8.70 Å². The molecule has 0 saturated carbocycles. The summed E-state index contributed by atoms with van der Waals surface area (Å²) < 4.78 is 42.1. The van der Waals surface area contributed by atoms with Crippen molar-refractivity contribution >= 4 is 27.7 Å². The number of anilines is 1. The third-order valence-corrected chi connectivity index (χ3v) is 6.77. The van der Waals surface area contributed by atoms with Crippen LogP contribution in [0.1, 0.15) is 18.9 Å². The highest BCUT2D eigenvalue weighted by Gasteiger charge is 2.34. The number of likely N-dealkylation sites (N-methyl/N-ethyl adjacent to an activating group) is 1. The summed E-state index contributed by atoms with van der Waals surface area (Å²) in [6.45, 7) is 1.19. The second-order valence-corrected chi connectivity index (χ2v) is 9.36. The summed E-state index contributed by atoms with van der Waals surface area (Å²) in [5.41, 5.74) is 0.526. The van der Waals surface area contributed by atoms with Gasteiger partial charge in [-0.15, -0.1) is 0 Å². The molecule has 2 aromatic carbocycles. The van der Waals surface area contributed by atoms with Crippen LogP contribution in [0.15, 0.2) is 54.6 Å². The first-order valence-electron chi connectivity index (χ1n) is 10.1. The van der Waals surface area contributed by atoms with Gasteiger partial charge in [0.1, 0.15) is 18.4 Å². The number of hydrogen-bond acceptors (Lipinski definition) is 4. The number of carbonyl (C=O) groups is 2. The van der Waals surface area contributed by atoms with Gasteiger partial charge in [0.15, 0.2) is 0 Å². The highest BCUT2D eigenvalue weighted by molar-refractivity contribution is 7.90. The van der Waals surface area contributed by atoms with Gasteiger partial charge in [-0.3, -0.25) is 9.59 Å². The van der Waals surface area contributed by atoms with E-state index in [9.17, 15) is 22.4 Å². The van der Waals surface area contributed by atoms with Gasteiger partial charge in [-0.2, -0.15) is 12.7 Å². The third kappa shape index (κ3) is 5.83. The molecule has 0 fully saturated rings. The Morgan fingerprint density at radius 1 is 1.03 bits per heavy atom. The average molecular weight is 465 g/mol. The van der Waals surface area contributed by atoms with E-state index in [1.54, 1.807) is 19.1 Å². The van der Waals surface area contributed by atoms with E-state index in [0.717, 1.165) is 20.2 Å². The predicted octanol–water partition coefficient (Wildman–Crippen LogP) is 1.99. The summed E-state index contributed by atoms with van der Waals surface area (Å²) in [6.07, 6.45) is 0.318. The molecule has 174 valence electrons. The molecule has 0 bridgehead atoms. The topological polar surface area (TPSA) is 90.0 Å². The summed E-state index contributed by atoms with van der Waals surface area (Å²) in [5, 5.41) is 2.55. The maximum Gasteiger partial charge on any atom is 0.304 e. The fraction of sp³-hybridized carbons (Fsp3) is 0.364. The van der Waals surface area contributed by atoms with Crippen molar-refractivity contribution in [3.05, 3.63) is 66.0 Å². The van der Waals surface area contributed by atoms with Gasteiger partial charge in [0.25, 0.3) is 0 Å². The first-order valence-corrected chi connectivity index (χ1v) is 11.5. The zero-order valence-electron chi connectivity index (χ0n) is 18.7. The van der Waals surface area contributed by atoms with Crippen LogP contribution >= 0.6 is 0 Å². The van der Waals surface area contributed by atoms with Crippen molar-refractivity contribution < 1.29 is 22.4 Å². The van der Waals surface area contributed by atoms with E-state index in [1.807, 2.05) is 18.2 Å². The molecule has 0 heterocycles. The van der Waals surface area contributed by atoms with Gasteiger partial charge in [-0.05, 0) is 24.1 Å². The number of amides is 2. The minimum absolute atomic E-state index is 0.0960. The Labute approximate surface area is 188 Å². The van der Waals surface area contributed by atoms with Crippen LogP contribution in [0.4, 0.5) is 10.1 Å². The van der Waals surface area contributed by atoms with Crippen LogP contribution in [0, 0.1) is 5.82 Å². The molecule has 1 atom stereocenters. The van der Waals surface area contributed by atoms with Crippen LogP contribution in [-0.2, 0) is 26.3 Å². The molecule has 0 radical (unpaired) electrons. The van der Waals surface area contributed by atoms with Gasteiger partial charge < -0.3 is 10.2 Å². The maximum absolute atomic E-state index is 14.5. The Morgan fingerprint density at radius 2 is 1.62 bits per heavy atom. The first-order chi connectivity index (χ1) is 15.1. The van der Waals surface area contributed by atoms with E-state index in [0.29, 0.717) is 6.42 Å². The van der Waals surface area contributed by atoms with E-state index >= 15 is 0 Å². The van der Waals surface area contributed by atoms with Gasteiger partial charge >= 0.3 is 10.2 Å². The van der Waals surface area contributed by atoms with Crippen molar-refractivity contribution in [2.45, 2.75) is 25.9 Å². The lowest BCUT2D eigenvalue weighted by atomic mass is 10.1. The van der Waals surface area contributed by atoms with Crippen molar-refractivity contribution in [1.82, 2.24) is 14.5 Å². The largest absolute Gasteiger partial charge is 0.357 e.